The van der Waals surface area contributed by atoms with Gasteiger partial charge in [-0.3, -0.25) is 9.71 Å². The Morgan fingerprint density at radius 3 is 2.80 bits per heavy atom. The number of hydrogen-bond acceptors (Lipinski definition) is 3. The molecule has 1 aliphatic heterocycles. The molecule has 0 saturated carbocycles. The lowest BCUT2D eigenvalue weighted by Crippen LogP contribution is -2.18. The number of fused-ring (bicyclic) bond motifs is 1. The lowest BCUT2D eigenvalue weighted by atomic mass is 10.1. The maximum absolute atomic E-state index is 11.3. The third-order valence-corrected chi connectivity index (χ3v) is 2.97. The maximum atomic E-state index is 11.3. The van der Waals surface area contributed by atoms with Crippen molar-refractivity contribution in [2.24, 2.45) is 4.40 Å². The highest BCUT2D eigenvalue weighted by Crippen LogP contribution is 2.27. The second-order valence-electron chi connectivity index (χ2n) is 3.63. The molecule has 2 rings (SSSR count). The second kappa shape index (κ2) is 3.30. The summed E-state index contributed by atoms with van der Waals surface area (Å²) in [5, 5.41) is 0. The van der Waals surface area contributed by atoms with Gasteiger partial charge in [-0.1, -0.05) is 13.8 Å². The van der Waals surface area contributed by atoms with Gasteiger partial charge in [0.15, 0.2) is 0 Å². The third-order valence-electron chi connectivity index (χ3n) is 2.12. The van der Waals surface area contributed by atoms with Gasteiger partial charge in [0, 0.05) is 11.8 Å². The van der Waals surface area contributed by atoms with Crippen LogP contribution >= 0.6 is 0 Å². The van der Waals surface area contributed by atoms with Crippen molar-refractivity contribution < 1.29 is 8.42 Å². The highest BCUT2D eigenvalue weighted by molar-refractivity contribution is 7.91. The number of nitrogens with zero attached hydrogens (tertiary/aromatic N) is 2. The van der Waals surface area contributed by atoms with Crippen LogP contribution in [0, 0.1) is 0 Å². The van der Waals surface area contributed by atoms with Crippen LogP contribution in [-0.2, 0) is 10.2 Å². The molecule has 0 aromatic carbocycles. The molecule has 1 N–H and O–H groups in total. The van der Waals surface area contributed by atoms with E-state index in [0.717, 1.165) is 11.3 Å². The average molecular weight is 225 g/mol. The largest absolute Gasteiger partial charge is 0.342 e. The zero-order chi connectivity index (χ0) is 11.1. The predicted octanol–water partition coefficient (Wildman–Crippen LogP) is 1.29. The summed E-state index contributed by atoms with van der Waals surface area (Å²) in [4.78, 5) is 4.17. The Labute approximate surface area is 88.4 Å². The Morgan fingerprint density at radius 2 is 2.13 bits per heavy atom. The van der Waals surface area contributed by atoms with E-state index in [4.69, 9.17) is 0 Å². The SMILES string of the molecule is CC(C)c1nccc2c1NS(=O)(=O)N=C2. The molecule has 1 aromatic rings. The van der Waals surface area contributed by atoms with E-state index in [-0.39, 0.29) is 5.92 Å². The molecule has 0 radical (unpaired) electrons. The second-order valence-corrected chi connectivity index (χ2v) is 4.99. The normalized spacial score (nSPS) is 17.3. The van der Waals surface area contributed by atoms with Crippen LogP contribution in [0.4, 0.5) is 5.69 Å². The molecule has 0 amide bonds. The molecular weight excluding hydrogens is 214 g/mol. The van der Waals surface area contributed by atoms with Crippen LogP contribution in [0.5, 0.6) is 0 Å². The van der Waals surface area contributed by atoms with Crippen LogP contribution < -0.4 is 4.72 Å². The van der Waals surface area contributed by atoms with Gasteiger partial charge in [0.1, 0.15) is 0 Å². The number of nitrogens with one attached hydrogen (secondary N) is 1. The van der Waals surface area contributed by atoms with Crippen LogP contribution in [0.25, 0.3) is 0 Å². The van der Waals surface area contributed by atoms with Crippen molar-refractivity contribution in [3.8, 4) is 0 Å². The van der Waals surface area contributed by atoms with Gasteiger partial charge in [-0.25, -0.2) is 0 Å². The Hall–Kier alpha value is -1.43. The summed E-state index contributed by atoms with van der Waals surface area (Å²) in [6, 6.07) is 1.73. The van der Waals surface area contributed by atoms with Crippen LogP contribution in [0.3, 0.4) is 0 Å². The highest BCUT2D eigenvalue weighted by atomic mass is 32.2. The number of hydrogen-bond donors (Lipinski definition) is 1. The van der Waals surface area contributed by atoms with E-state index >= 15 is 0 Å². The summed E-state index contributed by atoms with van der Waals surface area (Å²) in [6.45, 7) is 3.92. The smallest absolute Gasteiger partial charge is 0.263 e. The molecular formula is C9H11N3O2S. The van der Waals surface area contributed by atoms with E-state index < -0.39 is 10.2 Å². The molecule has 2 heterocycles. The first-order chi connectivity index (χ1) is 6.99. The van der Waals surface area contributed by atoms with Gasteiger partial charge in [0.25, 0.3) is 0 Å². The molecule has 0 unspecified atom stereocenters. The Bertz CT molecular complexity index is 520. The van der Waals surface area contributed by atoms with Crippen molar-refractivity contribution in [1.82, 2.24) is 4.98 Å². The minimum Gasteiger partial charge on any atom is -0.263 e. The molecule has 0 atom stereocenters. The number of aromatic nitrogens is 1. The van der Waals surface area contributed by atoms with Gasteiger partial charge in [-0.05, 0) is 12.0 Å². The maximum Gasteiger partial charge on any atom is 0.342 e. The highest BCUT2D eigenvalue weighted by Gasteiger charge is 2.20. The fourth-order valence-corrected chi connectivity index (χ4v) is 2.22. The summed E-state index contributed by atoms with van der Waals surface area (Å²) in [5.41, 5.74) is 2.04. The summed E-state index contributed by atoms with van der Waals surface area (Å²) in [6.07, 6.45) is 2.99. The van der Waals surface area contributed by atoms with Crippen molar-refractivity contribution in [2.45, 2.75) is 19.8 Å². The van der Waals surface area contributed by atoms with Gasteiger partial charge in [0.2, 0.25) is 0 Å². The summed E-state index contributed by atoms with van der Waals surface area (Å²) < 4.78 is 28.3. The topological polar surface area (TPSA) is 71.4 Å². The fraction of sp³-hybridized carbons (Fsp3) is 0.333. The minimum atomic E-state index is -3.57. The molecule has 0 spiro atoms. The van der Waals surface area contributed by atoms with Crippen molar-refractivity contribution >= 4 is 22.1 Å². The molecule has 15 heavy (non-hydrogen) atoms. The van der Waals surface area contributed by atoms with Crippen molar-refractivity contribution in [3.63, 3.8) is 0 Å². The lowest BCUT2D eigenvalue weighted by Gasteiger charge is -2.17. The van der Waals surface area contributed by atoms with E-state index in [2.05, 4.69) is 14.1 Å². The van der Waals surface area contributed by atoms with Gasteiger partial charge < -0.3 is 0 Å². The zero-order valence-electron chi connectivity index (χ0n) is 8.43. The molecule has 6 heteroatoms. The lowest BCUT2D eigenvalue weighted by molar-refractivity contribution is 0.602. The van der Waals surface area contributed by atoms with E-state index in [1.807, 2.05) is 13.8 Å². The monoisotopic (exact) mass is 225 g/mol. The van der Waals surface area contributed by atoms with E-state index in [1.54, 1.807) is 12.3 Å². The van der Waals surface area contributed by atoms with Crippen LogP contribution in [0.15, 0.2) is 16.7 Å². The molecule has 5 nitrogen and oxygen atoms in total. The van der Waals surface area contributed by atoms with Crippen LogP contribution in [0.2, 0.25) is 0 Å². The van der Waals surface area contributed by atoms with E-state index in [9.17, 15) is 8.42 Å². The van der Waals surface area contributed by atoms with Crippen LogP contribution in [0.1, 0.15) is 31.0 Å². The number of anilines is 1. The van der Waals surface area contributed by atoms with Crippen molar-refractivity contribution in [1.29, 1.82) is 0 Å². The minimum absolute atomic E-state index is 0.161. The molecule has 80 valence electrons. The van der Waals surface area contributed by atoms with Crippen molar-refractivity contribution in [3.05, 3.63) is 23.5 Å². The molecule has 0 fully saturated rings. The first kappa shape index (κ1) is 10.1. The standard InChI is InChI=1S/C9H11N3O2S/c1-6(2)8-9-7(3-4-10-8)5-11-15(13,14)12-9/h3-6,12H,1-2H3. The molecule has 0 bridgehead atoms. The fourth-order valence-electron chi connectivity index (χ4n) is 1.43. The quantitative estimate of drug-likeness (QED) is 0.782. The van der Waals surface area contributed by atoms with Gasteiger partial charge >= 0.3 is 10.2 Å². The van der Waals surface area contributed by atoms with E-state index in [0.29, 0.717) is 5.69 Å². The van der Waals surface area contributed by atoms with Crippen molar-refractivity contribution in [2.75, 3.05) is 4.72 Å². The van der Waals surface area contributed by atoms with Gasteiger partial charge in [-0.2, -0.15) is 12.8 Å². The van der Waals surface area contributed by atoms with E-state index in [1.165, 1.54) is 6.21 Å². The first-order valence-electron chi connectivity index (χ1n) is 4.56. The van der Waals surface area contributed by atoms with Gasteiger partial charge in [-0.15, -0.1) is 0 Å². The predicted molar refractivity (Wildman–Crippen MR) is 58.5 cm³/mol. The summed E-state index contributed by atoms with van der Waals surface area (Å²) in [7, 11) is -3.57. The number of pyridine rings is 1. The Balaban J connectivity index is 2.63. The Morgan fingerprint density at radius 1 is 1.40 bits per heavy atom. The third kappa shape index (κ3) is 1.85. The molecule has 0 saturated heterocycles. The number of rotatable bonds is 1. The van der Waals surface area contributed by atoms with Crippen LogP contribution in [-0.4, -0.2) is 19.6 Å². The summed E-state index contributed by atoms with van der Waals surface area (Å²) >= 11 is 0. The average Bonchev–Trinajstić information content (AvgIpc) is 2.15. The Kier molecular flexibility index (Phi) is 2.22. The zero-order valence-corrected chi connectivity index (χ0v) is 9.25. The molecule has 1 aromatic heterocycles. The molecule has 0 aliphatic carbocycles. The molecule has 1 aliphatic rings. The van der Waals surface area contributed by atoms with Gasteiger partial charge in [0.05, 0.1) is 17.6 Å². The first-order valence-corrected chi connectivity index (χ1v) is 6.00. The summed E-state index contributed by atoms with van der Waals surface area (Å²) in [5.74, 6) is 0.161.